The summed E-state index contributed by atoms with van der Waals surface area (Å²) in [6, 6.07) is 6.72. The number of rotatable bonds is 7. The van der Waals surface area contributed by atoms with Crippen LogP contribution in [-0.2, 0) is 0 Å². The van der Waals surface area contributed by atoms with Gasteiger partial charge in [-0.3, -0.25) is 0 Å². The average molecular weight is 260 g/mol. The summed E-state index contributed by atoms with van der Waals surface area (Å²) in [4.78, 5) is 0. The lowest BCUT2D eigenvalue weighted by Crippen LogP contribution is -2.02. The van der Waals surface area contributed by atoms with Gasteiger partial charge in [0.1, 0.15) is 5.75 Å². The van der Waals surface area contributed by atoms with Gasteiger partial charge in [-0.15, -0.1) is 0 Å². The average Bonchev–Trinajstić information content (AvgIpc) is 2.41. The molecular weight excluding hydrogens is 232 g/mol. The SMILES string of the molecule is C/C=C\CC(CC)c1ccc(OCC)c(C(C)C)c1. The van der Waals surface area contributed by atoms with Crippen LogP contribution in [-0.4, -0.2) is 6.61 Å². The van der Waals surface area contributed by atoms with E-state index in [1.165, 1.54) is 17.5 Å². The fourth-order valence-corrected chi connectivity index (χ4v) is 2.40. The van der Waals surface area contributed by atoms with Crippen molar-refractivity contribution in [2.75, 3.05) is 6.61 Å². The maximum atomic E-state index is 5.73. The van der Waals surface area contributed by atoms with Crippen molar-refractivity contribution in [2.24, 2.45) is 0 Å². The van der Waals surface area contributed by atoms with Gasteiger partial charge in [-0.25, -0.2) is 0 Å². The van der Waals surface area contributed by atoms with Crippen LogP contribution in [0.5, 0.6) is 5.75 Å². The monoisotopic (exact) mass is 260 g/mol. The molecule has 0 heterocycles. The molecule has 1 nitrogen and oxygen atoms in total. The molecule has 0 aliphatic carbocycles. The number of hydrogen-bond donors (Lipinski definition) is 0. The molecule has 1 aromatic carbocycles. The van der Waals surface area contributed by atoms with Crippen molar-refractivity contribution < 1.29 is 4.74 Å². The van der Waals surface area contributed by atoms with Crippen molar-refractivity contribution in [1.82, 2.24) is 0 Å². The molecule has 0 aliphatic rings. The lowest BCUT2D eigenvalue weighted by atomic mass is 9.89. The Morgan fingerprint density at radius 2 is 1.95 bits per heavy atom. The molecule has 0 aliphatic heterocycles. The van der Waals surface area contributed by atoms with Gasteiger partial charge in [0, 0.05) is 0 Å². The van der Waals surface area contributed by atoms with Crippen molar-refractivity contribution in [3.8, 4) is 5.75 Å². The van der Waals surface area contributed by atoms with Gasteiger partial charge in [0.05, 0.1) is 6.61 Å². The number of hydrogen-bond acceptors (Lipinski definition) is 1. The van der Waals surface area contributed by atoms with Crippen LogP contribution in [0.25, 0.3) is 0 Å². The topological polar surface area (TPSA) is 9.23 Å². The summed E-state index contributed by atoms with van der Waals surface area (Å²) >= 11 is 0. The van der Waals surface area contributed by atoms with Gasteiger partial charge < -0.3 is 4.74 Å². The highest BCUT2D eigenvalue weighted by molar-refractivity contribution is 5.40. The van der Waals surface area contributed by atoms with Crippen LogP contribution in [0.2, 0.25) is 0 Å². The van der Waals surface area contributed by atoms with Gasteiger partial charge in [-0.2, -0.15) is 0 Å². The van der Waals surface area contributed by atoms with Crippen LogP contribution < -0.4 is 4.74 Å². The van der Waals surface area contributed by atoms with Crippen molar-refractivity contribution in [3.63, 3.8) is 0 Å². The smallest absolute Gasteiger partial charge is 0.122 e. The highest BCUT2D eigenvalue weighted by Crippen LogP contribution is 2.32. The van der Waals surface area contributed by atoms with Crippen LogP contribution in [0.15, 0.2) is 30.4 Å². The molecule has 1 unspecified atom stereocenters. The van der Waals surface area contributed by atoms with Gasteiger partial charge in [-0.05, 0) is 55.7 Å². The minimum atomic E-state index is 0.501. The molecular formula is C18H28O. The van der Waals surface area contributed by atoms with E-state index >= 15 is 0 Å². The standard InChI is InChI=1S/C18H28O/c1-6-9-10-15(7-2)16-11-12-18(19-8-3)17(13-16)14(4)5/h6,9,11-15H,7-8,10H2,1-5H3/b9-6-. The molecule has 0 saturated carbocycles. The van der Waals surface area contributed by atoms with Gasteiger partial charge in [0.15, 0.2) is 0 Å². The molecule has 0 amide bonds. The predicted octanol–water partition coefficient (Wildman–Crippen LogP) is 5.67. The summed E-state index contributed by atoms with van der Waals surface area (Å²) in [5, 5.41) is 0. The third kappa shape index (κ3) is 4.41. The van der Waals surface area contributed by atoms with E-state index < -0.39 is 0 Å². The zero-order valence-corrected chi connectivity index (χ0v) is 13.1. The van der Waals surface area contributed by atoms with E-state index in [9.17, 15) is 0 Å². The van der Waals surface area contributed by atoms with E-state index in [1.807, 2.05) is 6.92 Å². The van der Waals surface area contributed by atoms with Crippen LogP contribution >= 0.6 is 0 Å². The summed E-state index contributed by atoms with van der Waals surface area (Å²) in [6.45, 7) is 11.6. The Hall–Kier alpha value is -1.24. The fraction of sp³-hybridized carbons (Fsp3) is 0.556. The third-order valence-electron chi connectivity index (χ3n) is 3.58. The van der Waals surface area contributed by atoms with Crippen LogP contribution in [0.1, 0.15) is 70.4 Å². The number of ether oxygens (including phenoxy) is 1. The maximum Gasteiger partial charge on any atom is 0.122 e. The summed E-state index contributed by atoms with van der Waals surface area (Å²) < 4.78 is 5.73. The Balaban J connectivity index is 3.05. The van der Waals surface area contributed by atoms with Crippen molar-refractivity contribution in [3.05, 3.63) is 41.5 Å². The molecule has 0 N–H and O–H groups in total. The van der Waals surface area contributed by atoms with E-state index in [2.05, 4.69) is 58.0 Å². The zero-order chi connectivity index (χ0) is 14.3. The Bertz CT molecular complexity index is 404. The summed E-state index contributed by atoms with van der Waals surface area (Å²) in [5.41, 5.74) is 2.77. The molecule has 0 spiro atoms. The molecule has 19 heavy (non-hydrogen) atoms. The van der Waals surface area contributed by atoms with Crippen molar-refractivity contribution in [1.29, 1.82) is 0 Å². The Kier molecular flexibility index (Phi) is 6.69. The van der Waals surface area contributed by atoms with Crippen LogP contribution in [0.4, 0.5) is 0 Å². The molecule has 1 heteroatoms. The normalized spacial score (nSPS) is 13.2. The van der Waals surface area contributed by atoms with E-state index in [4.69, 9.17) is 4.74 Å². The first-order valence-electron chi connectivity index (χ1n) is 7.51. The van der Waals surface area contributed by atoms with Gasteiger partial charge in [0.25, 0.3) is 0 Å². The second-order valence-corrected chi connectivity index (χ2v) is 5.29. The molecule has 0 saturated heterocycles. The number of benzene rings is 1. The largest absolute Gasteiger partial charge is 0.494 e. The molecule has 106 valence electrons. The van der Waals surface area contributed by atoms with Gasteiger partial charge >= 0.3 is 0 Å². The predicted molar refractivity (Wildman–Crippen MR) is 84.2 cm³/mol. The van der Waals surface area contributed by atoms with E-state index in [-0.39, 0.29) is 0 Å². The maximum absolute atomic E-state index is 5.73. The highest BCUT2D eigenvalue weighted by atomic mass is 16.5. The molecule has 1 rings (SSSR count). The molecule has 1 atom stereocenters. The van der Waals surface area contributed by atoms with Crippen molar-refractivity contribution >= 4 is 0 Å². The highest BCUT2D eigenvalue weighted by Gasteiger charge is 2.13. The number of allylic oxidation sites excluding steroid dienone is 2. The molecule has 0 aromatic heterocycles. The van der Waals surface area contributed by atoms with Crippen LogP contribution in [0.3, 0.4) is 0 Å². The first kappa shape index (κ1) is 15.8. The Labute approximate surface area is 118 Å². The molecule has 0 fully saturated rings. The minimum Gasteiger partial charge on any atom is -0.494 e. The lowest BCUT2D eigenvalue weighted by molar-refractivity contribution is 0.335. The zero-order valence-electron chi connectivity index (χ0n) is 13.1. The van der Waals surface area contributed by atoms with Crippen LogP contribution in [0, 0.1) is 0 Å². The Morgan fingerprint density at radius 3 is 2.47 bits per heavy atom. The Morgan fingerprint density at radius 1 is 1.21 bits per heavy atom. The lowest BCUT2D eigenvalue weighted by Gasteiger charge is -2.19. The molecule has 1 aromatic rings. The summed E-state index contributed by atoms with van der Waals surface area (Å²) in [7, 11) is 0. The molecule has 0 radical (unpaired) electrons. The first-order valence-corrected chi connectivity index (χ1v) is 7.51. The van der Waals surface area contributed by atoms with E-state index in [0.717, 1.165) is 18.8 Å². The third-order valence-corrected chi connectivity index (χ3v) is 3.58. The second kappa shape index (κ2) is 8.04. The van der Waals surface area contributed by atoms with E-state index in [1.54, 1.807) is 0 Å². The minimum absolute atomic E-state index is 0.501. The van der Waals surface area contributed by atoms with Crippen molar-refractivity contribution in [2.45, 2.75) is 59.3 Å². The second-order valence-electron chi connectivity index (χ2n) is 5.29. The quantitative estimate of drug-likeness (QED) is 0.574. The first-order chi connectivity index (χ1) is 9.13. The van der Waals surface area contributed by atoms with Gasteiger partial charge in [-0.1, -0.05) is 45.1 Å². The molecule has 0 bridgehead atoms. The summed E-state index contributed by atoms with van der Waals surface area (Å²) in [5.74, 6) is 2.16. The van der Waals surface area contributed by atoms with Gasteiger partial charge in [0.2, 0.25) is 0 Å². The fourth-order valence-electron chi connectivity index (χ4n) is 2.40. The summed E-state index contributed by atoms with van der Waals surface area (Å²) in [6.07, 6.45) is 6.70. The van der Waals surface area contributed by atoms with E-state index in [0.29, 0.717) is 11.8 Å².